The van der Waals surface area contributed by atoms with E-state index in [1.54, 1.807) is 12.0 Å². The van der Waals surface area contributed by atoms with Crippen LogP contribution in [0.15, 0.2) is 84.9 Å². The number of carbonyl (C=O) groups excluding carboxylic acids is 1. The summed E-state index contributed by atoms with van der Waals surface area (Å²) in [5, 5.41) is 0. The van der Waals surface area contributed by atoms with Crippen molar-refractivity contribution < 1.29 is 9.53 Å². The Labute approximate surface area is 142 Å². The van der Waals surface area contributed by atoms with Gasteiger partial charge in [0, 0.05) is 11.3 Å². The van der Waals surface area contributed by atoms with E-state index in [1.165, 1.54) is 0 Å². The van der Waals surface area contributed by atoms with Crippen LogP contribution in [0, 0.1) is 0 Å². The third-order valence-electron chi connectivity index (χ3n) is 3.81. The van der Waals surface area contributed by atoms with Gasteiger partial charge in [-0.2, -0.15) is 0 Å². The van der Waals surface area contributed by atoms with Crippen molar-refractivity contribution >= 4 is 11.6 Å². The molecule has 0 bridgehead atoms. The fourth-order valence-electron chi connectivity index (χ4n) is 2.58. The second-order valence-electron chi connectivity index (χ2n) is 5.44. The van der Waals surface area contributed by atoms with Crippen LogP contribution in [0.3, 0.4) is 0 Å². The van der Waals surface area contributed by atoms with Gasteiger partial charge in [0.25, 0.3) is 5.91 Å². The molecule has 0 saturated heterocycles. The Kier molecular flexibility index (Phi) is 4.92. The minimum absolute atomic E-state index is 0.0235. The minimum Gasteiger partial charge on any atom is -0.497 e. The first kappa shape index (κ1) is 15.8. The van der Waals surface area contributed by atoms with Gasteiger partial charge in [0.15, 0.2) is 0 Å². The van der Waals surface area contributed by atoms with Gasteiger partial charge >= 0.3 is 0 Å². The molecular formula is C21H19NO2. The molecule has 3 nitrogen and oxygen atoms in total. The van der Waals surface area contributed by atoms with Crippen LogP contribution in [0.1, 0.15) is 15.9 Å². The largest absolute Gasteiger partial charge is 0.497 e. The van der Waals surface area contributed by atoms with Gasteiger partial charge < -0.3 is 9.64 Å². The molecule has 3 aromatic carbocycles. The monoisotopic (exact) mass is 317 g/mol. The summed E-state index contributed by atoms with van der Waals surface area (Å²) in [6, 6.07) is 26.8. The highest BCUT2D eigenvalue weighted by Gasteiger charge is 2.18. The maximum atomic E-state index is 13.0. The van der Waals surface area contributed by atoms with Crippen molar-refractivity contribution in [2.24, 2.45) is 0 Å². The predicted octanol–water partition coefficient (Wildman–Crippen LogP) is 4.54. The summed E-state index contributed by atoms with van der Waals surface area (Å²) in [7, 11) is 1.64. The van der Waals surface area contributed by atoms with Crippen molar-refractivity contribution in [3.63, 3.8) is 0 Å². The van der Waals surface area contributed by atoms with Crippen LogP contribution in [0.4, 0.5) is 5.69 Å². The van der Waals surface area contributed by atoms with Crippen molar-refractivity contribution in [3.8, 4) is 5.75 Å². The van der Waals surface area contributed by atoms with Crippen LogP contribution in [-0.2, 0) is 6.54 Å². The number of ether oxygens (including phenoxy) is 1. The van der Waals surface area contributed by atoms with E-state index < -0.39 is 0 Å². The summed E-state index contributed by atoms with van der Waals surface area (Å²) in [6.07, 6.45) is 0. The maximum Gasteiger partial charge on any atom is 0.258 e. The molecule has 0 saturated carbocycles. The van der Waals surface area contributed by atoms with Crippen molar-refractivity contribution in [1.82, 2.24) is 0 Å². The average Bonchev–Trinajstić information content (AvgIpc) is 2.67. The Balaban J connectivity index is 1.95. The van der Waals surface area contributed by atoms with Crippen molar-refractivity contribution in [3.05, 3.63) is 96.1 Å². The van der Waals surface area contributed by atoms with Crippen LogP contribution in [0.5, 0.6) is 5.75 Å². The Morgan fingerprint density at radius 3 is 2.21 bits per heavy atom. The zero-order valence-electron chi connectivity index (χ0n) is 13.6. The lowest BCUT2D eigenvalue weighted by molar-refractivity contribution is 0.0985. The number of methoxy groups -OCH3 is 1. The van der Waals surface area contributed by atoms with Gasteiger partial charge in [-0.25, -0.2) is 0 Å². The number of carbonyl (C=O) groups is 1. The van der Waals surface area contributed by atoms with Crippen LogP contribution in [-0.4, -0.2) is 13.0 Å². The fraction of sp³-hybridized carbons (Fsp3) is 0.0952. The smallest absolute Gasteiger partial charge is 0.258 e. The Morgan fingerprint density at radius 1 is 0.875 bits per heavy atom. The molecule has 0 fully saturated rings. The zero-order valence-corrected chi connectivity index (χ0v) is 13.6. The van der Waals surface area contributed by atoms with E-state index in [-0.39, 0.29) is 5.91 Å². The summed E-state index contributed by atoms with van der Waals surface area (Å²) < 4.78 is 5.28. The summed E-state index contributed by atoms with van der Waals surface area (Å²) in [4.78, 5) is 14.8. The highest BCUT2D eigenvalue weighted by molar-refractivity contribution is 6.05. The molecule has 0 spiro atoms. The standard InChI is InChI=1S/C21H19NO2/c1-24-20-14-8-9-17(15-20)16-22(19-12-6-3-7-13-19)21(23)18-10-4-2-5-11-18/h2-15H,16H2,1H3. The molecule has 0 aliphatic carbocycles. The van der Waals surface area contributed by atoms with E-state index in [1.807, 2.05) is 84.9 Å². The lowest BCUT2D eigenvalue weighted by atomic mass is 10.1. The first-order valence-electron chi connectivity index (χ1n) is 7.83. The summed E-state index contributed by atoms with van der Waals surface area (Å²) >= 11 is 0. The average molecular weight is 317 g/mol. The molecule has 24 heavy (non-hydrogen) atoms. The van der Waals surface area contributed by atoms with Crippen molar-refractivity contribution in [1.29, 1.82) is 0 Å². The van der Waals surface area contributed by atoms with Gasteiger partial charge in [0.1, 0.15) is 5.75 Å². The van der Waals surface area contributed by atoms with Gasteiger partial charge in [-0.15, -0.1) is 0 Å². The number of hydrogen-bond acceptors (Lipinski definition) is 2. The first-order valence-corrected chi connectivity index (χ1v) is 7.83. The van der Waals surface area contributed by atoms with Crippen molar-refractivity contribution in [2.75, 3.05) is 12.0 Å². The molecule has 0 aliphatic rings. The molecule has 0 heterocycles. The number of benzene rings is 3. The molecule has 0 N–H and O–H groups in total. The van der Waals surface area contributed by atoms with Crippen LogP contribution < -0.4 is 9.64 Å². The van der Waals surface area contributed by atoms with Gasteiger partial charge in [0.05, 0.1) is 13.7 Å². The summed E-state index contributed by atoms with van der Waals surface area (Å²) in [5.41, 5.74) is 2.56. The third kappa shape index (κ3) is 3.63. The van der Waals surface area contributed by atoms with E-state index in [0.29, 0.717) is 12.1 Å². The quantitative estimate of drug-likeness (QED) is 0.691. The highest BCUT2D eigenvalue weighted by Crippen LogP contribution is 2.21. The van der Waals surface area contributed by atoms with E-state index >= 15 is 0 Å². The van der Waals surface area contributed by atoms with Gasteiger partial charge in [0.2, 0.25) is 0 Å². The van der Waals surface area contributed by atoms with Crippen molar-refractivity contribution in [2.45, 2.75) is 6.54 Å². The van der Waals surface area contributed by atoms with E-state index in [9.17, 15) is 4.79 Å². The fourth-order valence-corrected chi connectivity index (χ4v) is 2.58. The number of para-hydroxylation sites is 1. The lowest BCUT2D eigenvalue weighted by Crippen LogP contribution is -2.30. The second-order valence-corrected chi connectivity index (χ2v) is 5.44. The van der Waals surface area contributed by atoms with Gasteiger partial charge in [-0.05, 0) is 42.0 Å². The molecule has 1 amide bonds. The highest BCUT2D eigenvalue weighted by atomic mass is 16.5. The molecule has 3 aromatic rings. The van der Waals surface area contributed by atoms with Crippen LogP contribution in [0.25, 0.3) is 0 Å². The van der Waals surface area contributed by atoms with Crippen LogP contribution >= 0.6 is 0 Å². The Morgan fingerprint density at radius 2 is 1.54 bits per heavy atom. The second kappa shape index (κ2) is 7.47. The molecule has 0 atom stereocenters. The SMILES string of the molecule is COc1cccc(CN(C(=O)c2ccccc2)c2ccccc2)c1. The number of anilines is 1. The molecule has 0 aliphatic heterocycles. The zero-order chi connectivity index (χ0) is 16.8. The minimum atomic E-state index is -0.0235. The first-order chi connectivity index (χ1) is 11.8. The van der Waals surface area contributed by atoms with E-state index in [4.69, 9.17) is 4.74 Å². The topological polar surface area (TPSA) is 29.5 Å². The molecule has 3 rings (SSSR count). The van der Waals surface area contributed by atoms with E-state index in [2.05, 4.69) is 0 Å². The number of nitrogens with zero attached hydrogens (tertiary/aromatic N) is 1. The van der Waals surface area contributed by atoms with Gasteiger partial charge in [-0.3, -0.25) is 4.79 Å². The number of rotatable bonds is 5. The van der Waals surface area contributed by atoms with Gasteiger partial charge in [-0.1, -0.05) is 48.5 Å². The molecule has 3 heteroatoms. The molecule has 0 unspecified atom stereocenters. The molecule has 120 valence electrons. The molecule has 0 aromatic heterocycles. The summed E-state index contributed by atoms with van der Waals surface area (Å²) in [5.74, 6) is 0.761. The maximum absolute atomic E-state index is 13.0. The number of hydrogen-bond donors (Lipinski definition) is 0. The molecule has 0 radical (unpaired) electrons. The Bertz CT molecular complexity index is 800. The summed E-state index contributed by atoms with van der Waals surface area (Å²) in [6.45, 7) is 0.481. The predicted molar refractivity (Wildman–Crippen MR) is 96.4 cm³/mol. The van der Waals surface area contributed by atoms with E-state index in [0.717, 1.165) is 17.0 Å². The Hall–Kier alpha value is -3.07. The third-order valence-corrected chi connectivity index (χ3v) is 3.81. The van der Waals surface area contributed by atoms with Crippen LogP contribution in [0.2, 0.25) is 0 Å². The normalized spacial score (nSPS) is 10.2. The number of amides is 1. The molecular weight excluding hydrogens is 298 g/mol. The lowest BCUT2D eigenvalue weighted by Gasteiger charge is -2.23.